The normalized spacial score (nSPS) is 36.7. The van der Waals surface area contributed by atoms with Crippen LogP contribution in [0.5, 0.6) is 0 Å². The number of hydrogen-bond acceptors (Lipinski definition) is 3. The fraction of sp³-hybridized carbons (Fsp3) is 0.591. The number of benzene rings is 1. The van der Waals surface area contributed by atoms with Crippen molar-refractivity contribution in [3.8, 4) is 0 Å². The lowest BCUT2D eigenvalue weighted by molar-refractivity contribution is -0.144. The third-order valence-electron chi connectivity index (χ3n) is 7.53. The van der Waals surface area contributed by atoms with Crippen molar-refractivity contribution in [1.29, 1.82) is 0 Å². The van der Waals surface area contributed by atoms with E-state index in [1.165, 1.54) is 0 Å². The summed E-state index contributed by atoms with van der Waals surface area (Å²) in [5.74, 6) is 0.775. The molecule has 3 aliphatic carbocycles. The van der Waals surface area contributed by atoms with Gasteiger partial charge in [-0.05, 0) is 68.9 Å². The summed E-state index contributed by atoms with van der Waals surface area (Å²) in [6, 6.07) is 7.18. The SMILES string of the molecule is O=C(Nc1ccccc1Cl)C1CCC(N2C(=O)[C@H]3[C@@H]4CC[C@@H](C4)[C@@H]3C2=O)CC1. The monoisotopic (exact) mass is 400 g/mol. The lowest BCUT2D eigenvalue weighted by atomic mass is 9.81. The molecule has 5 rings (SSSR count). The average Bonchev–Trinajstić information content (AvgIpc) is 3.38. The van der Waals surface area contributed by atoms with Gasteiger partial charge < -0.3 is 5.32 Å². The highest BCUT2D eigenvalue weighted by Crippen LogP contribution is 2.56. The molecule has 1 aromatic rings. The van der Waals surface area contributed by atoms with Gasteiger partial charge in [-0.1, -0.05) is 23.7 Å². The van der Waals surface area contributed by atoms with Gasteiger partial charge in [0.15, 0.2) is 0 Å². The number of nitrogens with zero attached hydrogens (tertiary/aromatic N) is 1. The van der Waals surface area contributed by atoms with Crippen molar-refractivity contribution >= 4 is 35.0 Å². The van der Waals surface area contributed by atoms with E-state index in [0.29, 0.717) is 48.2 Å². The van der Waals surface area contributed by atoms with Crippen LogP contribution in [0.1, 0.15) is 44.9 Å². The predicted octanol–water partition coefficient (Wildman–Crippen LogP) is 3.87. The number of carbonyl (C=O) groups excluding carboxylic acids is 3. The number of carbonyl (C=O) groups is 3. The van der Waals surface area contributed by atoms with Crippen LogP contribution in [0.2, 0.25) is 5.02 Å². The number of halogens is 1. The number of para-hydroxylation sites is 1. The van der Waals surface area contributed by atoms with E-state index >= 15 is 0 Å². The van der Waals surface area contributed by atoms with Crippen LogP contribution in [0.3, 0.4) is 0 Å². The van der Waals surface area contributed by atoms with E-state index in [1.54, 1.807) is 17.0 Å². The third kappa shape index (κ3) is 2.78. The van der Waals surface area contributed by atoms with Gasteiger partial charge in [0.25, 0.3) is 0 Å². The van der Waals surface area contributed by atoms with Crippen molar-refractivity contribution in [1.82, 2.24) is 4.90 Å². The first-order chi connectivity index (χ1) is 13.5. The van der Waals surface area contributed by atoms with E-state index in [-0.39, 0.29) is 41.5 Å². The predicted molar refractivity (Wildman–Crippen MR) is 105 cm³/mol. The Morgan fingerprint density at radius 1 is 0.929 bits per heavy atom. The van der Waals surface area contributed by atoms with E-state index in [4.69, 9.17) is 11.6 Å². The summed E-state index contributed by atoms with van der Waals surface area (Å²) in [5, 5.41) is 3.44. The van der Waals surface area contributed by atoms with Gasteiger partial charge in [0, 0.05) is 12.0 Å². The van der Waals surface area contributed by atoms with Crippen LogP contribution >= 0.6 is 11.6 Å². The number of amides is 3. The van der Waals surface area contributed by atoms with Crippen molar-refractivity contribution in [2.75, 3.05) is 5.32 Å². The minimum Gasteiger partial charge on any atom is -0.325 e. The fourth-order valence-electron chi connectivity index (χ4n) is 6.19. The van der Waals surface area contributed by atoms with Crippen molar-refractivity contribution in [2.45, 2.75) is 51.0 Å². The summed E-state index contributed by atoms with van der Waals surface area (Å²) in [6.45, 7) is 0. The van der Waals surface area contributed by atoms with E-state index in [2.05, 4.69) is 5.32 Å². The smallest absolute Gasteiger partial charge is 0.233 e. The summed E-state index contributed by atoms with van der Waals surface area (Å²) in [5.41, 5.74) is 0.629. The zero-order valence-corrected chi connectivity index (χ0v) is 16.5. The maximum absolute atomic E-state index is 13.0. The van der Waals surface area contributed by atoms with E-state index in [9.17, 15) is 14.4 Å². The van der Waals surface area contributed by atoms with Gasteiger partial charge in [0.2, 0.25) is 17.7 Å². The van der Waals surface area contributed by atoms with Crippen LogP contribution in [0.4, 0.5) is 5.69 Å². The van der Waals surface area contributed by atoms with Gasteiger partial charge >= 0.3 is 0 Å². The molecule has 1 heterocycles. The lowest BCUT2D eigenvalue weighted by Gasteiger charge is -2.33. The number of anilines is 1. The molecular weight excluding hydrogens is 376 g/mol. The molecule has 0 aromatic heterocycles. The largest absolute Gasteiger partial charge is 0.325 e. The quantitative estimate of drug-likeness (QED) is 0.783. The Morgan fingerprint density at radius 3 is 2.14 bits per heavy atom. The number of imide groups is 1. The molecule has 1 aliphatic heterocycles. The van der Waals surface area contributed by atoms with Gasteiger partial charge in [0.05, 0.1) is 22.5 Å². The highest BCUT2D eigenvalue weighted by molar-refractivity contribution is 6.33. The Labute approximate surface area is 169 Å². The minimum atomic E-state index is -0.101. The first-order valence-corrected chi connectivity index (χ1v) is 10.8. The molecule has 148 valence electrons. The molecule has 0 radical (unpaired) electrons. The van der Waals surface area contributed by atoms with Crippen LogP contribution in [-0.4, -0.2) is 28.7 Å². The molecule has 0 unspecified atom stereocenters. The zero-order valence-electron chi connectivity index (χ0n) is 15.8. The highest BCUT2D eigenvalue weighted by Gasteiger charge is 2.61. The lowest BCUT2D eigenvalue weighted by Crippen LogP contribution is -2.44. The highest BCUT2D eigenvalue weighted by atomic mass is 35.5. The standard InChI is InChI=1S/C22H25ClN2O3/c23-16-3-1-2-4-17(16)24-20(26)12-7-9-15(10-8-12)25-21(27)18-13-5-6-14(11-13)19(18)22(25)28/h1-4,12-15,18-19H,5-11H2,(H,24,26)/t12?,13-,14+,15?,18-,19-/m0/s1. The summed E-state index contributed by atoms with van der Waals surface area (Å²) in [6.07, 6.45) is 6.09. The Hall–Kier alpha value is -1.88. The molecule has 1 aromatic carbocycles. The maximum atomic E-state index is 13.0. The van der Waals surface area contributed by atoms with Gasteiger partial charge in [0.1, 0.15) is 0 Å². The van der Waals surface area contributed by atoms with E-state index < -0.39 is 0 Å². The molecule has 5 nitrogen and oxygen atoms in total. The average molecular weight is 401 g/mol. The van der Waals surface area contributed by atoms with Crippen LogP contribution in [0.25, 0.3) is 0 Å². The number of nitrogens with one attached hydrogen (secondary N) is 1. The van der Waals surface area contributed by atoms with Gasteiger partial charge in [-0.3, -0.25) is 19.3 Å². The summed E-state index contributed by atoms with van der Waals surface area (Å²) in [4.78, 5) is 40.2. The number of rotatable bonds is 3. The Kier molecular flexibility index (Phi) is 4.46. The van der Waals surface area contributed by atoms with Crippen molar-refractivity contribution in [2.24, 2.45) is 29.6 Å². The zero-order chi connectivity index (χ0) is 19.4. The molecule has 6 heteroatoms. The first kappa shape index (κ1) is 18.2. The molecule has 1 saturated heterocycles. The minimum absolute atomic E-state index is 0.0273. The molecule has 0 spiro atoms. The Balaban J connectivity index is 1.22. The summed E-state index contributed by atoms with van der Waals surface area (Å²) in [7, 11) is 0. The Bertz CT molecular complexity index is 805. The topological polar surface area (TPSA) is 66.5 Å². The van der Waals surface area contributed by atoms with Crippen molar-refractivity contribution < 1.29 is 14.4 Å². The van der Waals surface area contributed by atoms with E-state index in [0.717, 1.165) is 19.3 Å². The number of hydrogen-bond donors (Lipinski definition) is 1. The van der Waals surface area contributed by atoms with E-state index in [1.807, 2.05) is 12.1 Å². The maximum Gasteiger partial charge on any atom is 0.233 e. The fourth-order valence-corrected chi connectivity index (χ4v) is 6.37. The molecular formula is C22H25ClN2O3. The second-order valence-electron chi connectivity index (χ2n) is 8.91. The molecule has 4 aliphatic rings. The molecule has 4 fully saturated rings. The van der Waals surface area contributed by atoms with Crippen LogP contribution in [0.15, 0.2) is 24.3 Å². The summed E-state index contributed by atoms with van der Waals surface area (Å²) < 4.78 is 0. The van der Waals surface area contributed by atoms with Crippen LogP contribution in [0, 0.1) is 29.6 Å². The Morgan fingerprint density at radius 2 is 1.54 bits per heavy atom. The van der Waals surface area contributed by atoms with Crippen molar-refractivity contribution in [3.63, 3.8) is 0 Å². The number of fused-ring (bicyclic) bond motifs is 5. The van der Waals surface area contributed by atoms with Crippen molar-refractivity contribution in [3.05, 3.63) is 29.3 Å². The van der Waals surface area contributed by atoms with Gasteiger partial charge in [-0.25, -0.2) is 0 Å². The second kappa shape index (κ2) is 6.87. The number of likely N-dealkylation sites (tertiary alicyclic amines) is 1. The first-order valence-electron chi connectivity index (χ1n) is 10.5. The van der Waals surface area contributed by atoms with Crippen LogP contribution in [-0.2, 0) is 14.4 Å². The molecule has 1 N–H and O–H groups in total. The molecule has 4 atom stereocenters. The van der Waals surface area contributed by atoms with Crippen LogP contribution < -0.4 is 5.32 Å². The van der Waals surface area contributed by atoms with Gasteiger partial charge in [-0.2, -0.15) is 0 Å². The molecule has 3 saturated carbocycles. The van der Waals surface area contributed by atoms with Gasteiger partial charge in [-0.15, -0.1) is 0 Å². The summed E-state index contributed by atoms with van der Waals surface area (Å²) >= 11 is 6.13. The molecule has 3 amide bonds. The third-order valence-corrected chi connectivity index (χ3v) is 7.86. The molecule has 2 bridgehead atoms. The second-order valence-corrected chi connectivity index (χ2v) is 9.31. The molecule has 28 heavy (non-hydrogen) atoms.